The van der Waals surface area contributed by atoms with E-state index in [9.17, 15) is 30.4 Å². The van der Waals surface area contributed by atoms with Crippen molar-refractivity contribution in [1.82, 2.24) is 4.31 Å². The summed E-state index contributed by atoms with van der Waals surface area (Å²) >= 11 is 0. The molecule has 1 saturated heterocycles. The van der Waals surface area contributed by atoms with Crippen molar-refractivity contribution < 1.29 is 34.8 Å². The van der Waals surface area contributed by atoms with Gasteiger partial charge in [0.15, 0.2) is 21.5 Å². The Balaban J connectivity index is 1.70. The summed E-state index contributed by atoms with van der Waals surface area (Å²) in [4.78, 5) is 12.2. The van der Waals surface area contributed by atoms with Crippen LogP contribution in [0.1, 0.15) is 25.5 Å². The topological polar surface area (TPSA) is 114 Å². The summed E-state index contributed by atoms with van der Waals surface area (Å²) < 4.78 is 82.8. The summed E-state index contributed by atoms with van der Waals surface area (Å²) in [5.41, 5.74) is -0.0991. The molecule has 0 bridgehead atoms. The van der Waals surface area contributed by atoms with Gasteiger partial charge in [-0.1, -0.05) is 0 Å². The number of halogens is 2. The van der Waals surface area contributed by atoms with Crippen molar-refractivity contribution in [3.63, 3.8) is 0 Å². The van der Waals surface area contributed by atoms with E-state index in [1.165, 1.54) is 16.4 Å². The molecule has 3 rings (SSSR count). The normalized spacial score (nSPS) is 16.5. The largest absolute Gasteiger partial charge is 0.447 e. The average molecular weight is 462 g/mol. The van der Waals surface area contributed by atoms with Gasteiger partial charge < -0.3 is 9.73 Å². The van der Waals surface area contributed by atoms with Gasteiger partial charge in [0, 0.05) is 24.8 Å². The monoisotopic (exact) mass is 462 g/mol. The maximum Gasteiger partial charge on any atom is 0.276 e. The molecule has 30 heavy (non-hydrogen) atoms. The minimum Gasteiger partial charge on any atom is -0.447 e. The third kappa shape index (κ3) is 4.71. The Hall–Kier alpha value is -2.31. The predicted octanol–water partition coefficient (Wildman–Crippen LogP) is 2.28. The van der Waals surface area contributed by atoms with Crippen molar-refractivity contribution in [2.45, 2.75) is 35.9 Å². The van der Waals surface area contributed by atoms with Crippen molar-refractivity contribution in [2.24, 2.45) is 0 Å². The second-order valence-corrected chi connectivity index (χ2v) is 11.1. The highest BCUT2D eigenvalue weighted by molar-refractivity contribution is 7.92. The Kier molecular flexibility index (Phi) is 6.29. The number of carbonyl (C=O) groups is 1. The number of sulfonamides is 1. The second-order valence-electron chi connectivity index (χ2n) is 6.90. The molecule has 1 N–H and O–H groups in total. The molecule has 164 valence electrons. The number of carbonyl (C=O) groups excluding carboxylic acids is 1. The minimum atomic E-state index is -4.08. The number of nitrogens with zero attached hydrogens (tertiary/aromatic N) is 1. The Labute approximate surface area is 172 Å². The summed E-state index contributed by atoms with van der Waals surface area (Å²) in [6.07, 6.45) is 1.48. The average Bonchev–Trinajstić information content (AvgIpc) is 3.36. The number of amides is 1. The zero-order valence-electron chi connectivity index (χ0n) is 16.0. The Morgan fingerprint density at radius 3 is 2.40 bits per heavy atom. The van der Waals surface area contributed by atoms with Gasteiger partial charge in [-0.15, -0.1) is 0 Å². The van der Waals surface area contributed by atoms with Crippen molar-refractivity contribution in [1.29, 1.82) is 0 Å². The molecule has 1 unspecified atom stereocenters. The summed E-state index contributed by atoms with van der Waals surface area (Å²) in [5.74, 6) is -4.07. The molecule has 1 aromatic heterocycles. The molecule has 1 aliphatic heterocycles. The molecular weight excluding hydrogens is 442 g/mol. The van der Waals surface area contributed by atoms with E-state index in [1.54, 1.807) is 0 Å². The zero-order valence-corrected chi connectivity index (χ0v) is 17.6. The van der Waals surface area contributed by atoms with Crippen molar-refractivity contribution in [3.8, 4) is 0 Å². The molecule has 2 heterocycles. The lowest BCUT2D eigenvalue weighted by Crippen LogP contribution is -2.33. The molecule has 1 aliphatic rings. The summed E-state index contributed by atoms with van der Waals surface area (Å²) in [6, 6.07) is 5.05. The molecule has 1 atom stereocenters. The number of nitrogens with one attached hydrogen (secondary N) is 1. The van der Waals surface area contributed by atoms with Gasteiger partial charge in [-0.3, -0.25) is 4.79 Å². The Morgan fingerprint density at radius 2 is 1.77 bits per heavy atom. The van der Waals surface area contributed by atoms with Crippen LogP contribution in [0.2, 0.25) is 0 Å². The molecule has 0 saturated carbocycles. The van der Waals surface area contributed by atoms with E-state index in [-0.39, 0.29) is 16.5 Å². The quantitative estimate of drug-likeness (QED) is 0.675. The lowest BCUT2D eigenvalue weighted by atomic mass is 10.3. The van der Waals surface area contributed by atoms with Crippen LogP contribution in [-0.2, 0) is 30.4 Å². The molecule has 0 radical (unpaired) electrons. The van der Waals surface area contributed by atoms with Crippen LogP contribution in [0.25, 0.3) is 0 Å². The molecule has 1 aromatic carbocycles. The maximum absolute atomic E-state index is 13.3. The highest BCUT2D eigenvalue weighted by Crippen LogP contribution is 2.24. The number of sulfone groups is 1. The van der Waals surface area contributed by atoms with Crippen molar-refractivity contribution in [2.75, 3.05) is 18.4 Å². The van der Waals surface area contributed by atoms with Crippen LogP contribution in [-0.4, -0.2) is 45.4 Å². The first-order chi connectivity index (χ1) is 14.0. The number of anilines is 1. The first-order valence-electron chi connectivity index (χ1n) is 9.07. The summed E-state index contributed by atoms with van der Waals surface area (Å²) in [7, 11) is -7.92. The lowest BCUT2D eigenvalue weighted by Gasteiger charge is -2.14. The van der Waals surface area contributed by atoms with Crippen LogP contribution in [0.15, 0.2) is 39.8 Å². The van der Waals surface area contributed by atoms with E-state index >= 15 is 0 Å². The lowest BCUT2D eigenvalue weighted by molar-refractivity contribution is -0.115. The van der Waals surface area contributed by atoms with Crippen LogP contribution in [0.3, 0.4) is 0 Å². The number of furan rings is 1. The van der Waals surface area contributed by atoms with Crippen LogP contribution in [0.5, 0.6) is 0 Å². The summed E-state index contributed by atoms with van der Waals surface area (Å²) in [5, 5.41) is 0.310. The van der Waals surface area contributed by atoms with E-state index in [2.05, 4.69) is 5.32 Å². The summed E-state index contributed by atoms with van der Waals surface area (Å²) in [6.45, 7) is 1.88. The number of hydrogen-bond acceptors (Lipinski definition) is 6. The molecule has 0 aliphatic carbocycles. The number of rotatable bonds is 7. The van der Waals surface area contributed by atoms with Gasteiger partial charge in [-0.25, -0.2) is 25.6 Å². The zero-order chi connectivity index (χ0) is 22.1. The Morgan fingerprint density at radius 1 is 1.10 bits per heavy atom. The van der Waals surface area contributed by atoms with Gasteiger partial charge in [0.05, 0.1) is 0 Å². The fourth-order valence-corrected chi connectivity index (χ4v) is 5.57. The van der Waals surface area contributed by atoms with Gasteiger partial charge in [0.1, 0.15) is 16.8 Å². The third-order valence-electron chi connectivity index (χ3n) is 4.73. The fraction of sp³-hybridized carbons (Fsp3) is 0.389. The Bertz CT molecular complexity index is 1160. The molecule has 0 spiro atoms. The molecule has 8 nitrogen and oxygen atoms in total. The van der Waals surface area contributed by atoms with Crippen LogP contribution in [0.4, 0.5) is 14.5 Å². The molecule has 1 fully saturated rings. The van der Waals surface area contributed by atoms with Gasteiger partial charge in [-0.2, -0.15) is 4.31 Å². The SMILES string of the molecule is CC(C(=O)Nc1ccc(F)c(F)c1)S(=O)(=O)Cc1ccc(S(=O)(=O)N2CCCC2)o1. The van der Waals surface area contributed by atoms with E-state index in [0.29, 0.717) is 13.1 Å². The van der Waals surface area contributed by atoms with E-state index in [1.807, 2.05) is 0 Å². The van der Waals surface area contributed by atoms with Gasteiger partial charge in [-0.05, 0) is 44.0 Å². The maximum atomic E-state index is 13.3. The van der Waals surface area contributed by atoms with Crippen LogP contribution < -0.4 is 5.32 Å². The standard InChI is InChI=1S/C18H20F2N2O6S2/c1-12(18(23)21-13-4-6-15(19)16(20)10-13)29(24,25)11-14-5-7-17(28-14)30(26,27)22-8-2-3-9-22/h4-7,10,12H,2-3,8-9,11H2,1H3,(H,21,23). The van der Waals surface area contributed by atoms with E-state index in [0.717, 1.165) is 38.0 Å². The first kappa shape index (κ1) is 22.4. The smallest absolute Gasteiger partial charge is 0.276 e. The van der Waals surface area contributed by atoms with Crippen LogP contribution >= 0.6 is 0 Å². The van der Waals surface area contributed by atoms with Crippen molar-refractivity contribution in [3.05, 3.63) is 47.7 Å². The predicted molar refractivity (Wildman–Crippen MR) is 104 cm³/mol. The van der Waals surface area contributed by atoms with Gasteiger partial charge >= 0.3 is 0 Å². The fourth-order valence-electron chi connectivity index (χ4n) is 2.93. The van der Waals surface area contributed by atoms with Gasteiger partial charge in [0.25, 0.3) is 10.0 Å². The highest BCUT2D eigenvalue weighted by atomic mass is 32.2. The molecular formula is C18H20F2N2O6S2. The number of hydrogen-bond donors (Lipinski definition) is 1. The van der Waals surface area contributed by atoms with Crippen molar-refractivity contribution >= 4 is 31.5 Å². The molecule has 2 aromatic rings. The molecule has 12 heteroatoms. The molecule has 1 amide bonds. The highest BCUT2D eigenvalue weighted by Gasteiger charge is 2.32. The first-order valence-corrected chi connectivity index (χ1v) is 12.2. The van der Waals surface area contributed by atoms with E-state index < -0.39 is 48.4 Å². The van der Waals surface area contributed by atoms with Crippen LogP contribution in [0, 0.1) is 11.6 Å². The van der Waals surface area contributed by atoms with Gasteiger partial charge in [0.2, 0.25) is 11.0 Å². The third-order valence-corrected chi connectivity index (χ3v) is 8.49. The van der Waals surface area contributed by atoms with E-state index in [4.69, 9.17) is 4.42 Å². The second kappa shape index (κ2) is 8.44. The minimum absolute atomic E-state index is 0.0991. The number of benzene rings is 1.